The zero-order chi connectivity index (χ0) is 18.3. The van der Waals surface area contributed by atoms with E-state index in [4.69, 9.17) is 4.74 Å². The van der Waals surface area contributed by atoms with Gasteiger partial charge in [-0.2, -0.15) is 0 Å². The highest BCUT2D eigenvalue weighted by atomic mass is 16.5. The molecule has 0 spiro atoms. The summed E-state index contributed by atoms with van der Waals surface area (Å²) < 4.78 is 6.78. The first-order valence-corrected chi connectivity index (χ1v) is 9.29. The number of nitrogens with zero attached hydrogens (tertiary/aromatic N) is 3. The van der Waals surface area contributed by atoms with Gasteiger partial charge in [-0.15, -0.1) is 0 Å². The molecule has 2 saturated heterocycles. The van der Waals surface area contributed by atoms with Crippen molar-refractivity contribution in [1.29, 1.82) is 0 Å². The molecule has 1 aromatic carbocycles. The number of rotatable bonds is 2. The van der Waals surface area contributed by atoms with Crippen molar-refractivity contribution in [2.45, 2.75) is 37.8 Å². The van der Waals surface area contributed by atoms with E-state index in [-0.39, 0.29) is 23.4 Å². The molecule has 7 nitrogen and oxygen atoms in total. The maximum absolute atomic E-state index is 12.4. The average molecular weight is 358 g/mol. The van der Waals surface area contributed by atoms with E-state index >= 15 is 0 Å². The molecule has 1 unspecified atom stereocenters. The van der Waals surface area contributed by atoms with Crippen molar-refractivity contribution in [2.75, 3.05) is 33.3 Å². The zero-order valence-corrected chi connectivity index (χ0v) is 15.4. The lowest BCUT2D eigenvalue weighted by Gasteiger charge is -2.43. The number of hydrogen-bond donors (Lipinski definition) is 1. The van der Waals surface area contributed by atoms with Gasteiger partial charge in [-0.05, 0) is 38.3 Å². The first-order valence-electron chi connectivity index (χ1n) is 9.29. The lowest BCUT2D eigenvalue weighted by Crippen LogP contribution is -2.52. The van der Waals surface area contributed by atoms with Crippen LogP contribution in [-0.2, 0) is 4.74 Å². The van der Waals surface area contributed by atoms with E-state index in [1.165, 1.54) is 7.11 Å². The van der Waals surface area contributed by atoms with Crippen LogP contribution in [0.5, 0.6) is 0 Å². The Labute approximate surface area is 152 Å². The summed E-state index contributed by atoms with van der Waals surface area (Å²) in [5, 5.41) is 0. The molecule has 1 atom stereocenters. The number of nitrogens with one attached hydrogen (secondary N) is 1. The highest BCUT2D eigenvalue weighted by Gasteiger charge is 2.42. The number of benzene rings is 1. The number of amides is 1. The van der Waals surface area contributed by atoms with Crippen molar-refractivity contribution in [1.82, 2.24) is 19.4 Å². The van der Waals surface area contributed by atoms with Crippen LogP contribution in [0.25, 0.3) is 11.0 Å². The predicted octanol–water partition coefficient (Wildman–Crippen LogP) is 2.20. The summed E-state index contributed by atoms with van der Waals surface area (Å²) in [5.41, 5.74) is 1.86. The fourth-order valence-corrected chi connectivity index (χ4v) is 4.59. The van der Waals surface area contributed by atoms with Crippen molar-refractivity contribution in [3.63, 3.8) is 0 Å². The zero-order valence-electron chi connectivity index (χ0n) is 15.4. The molecule has 0 saturated carbocycles. The van der Waals surface area contributed by atoms with Crippen molar-refractivity contribution in [3.8, 4) is 0 Å². The molecule has 4 rings (SSSR count). The van der Waals surface area contributed by atoms with Gasteiger partial charge in [0.05, 0.1) is 18.1 Å². The molecule has 1 N–H and O–H groups in total. The Balaban J connectivity index is 1.47. The smallest absolute Gasteiger partial charge is 0.409 e. The quantitative estimate of drug-likeness (QED) is 0.893. The Hall–Kier alpha value is -2.28. The van der Waals surface area contributed by atoms with Gasteiger partial charge in [-0.25, -0.2) is 9.59 Å². The molecule has 3 heterocycles. The molecule has 7 heteroatoms. The molecule has 26 heavy (non-hydrogen) atoms. The van der Waals surface area contributed by atoms with Crippen LogP contribution < -0.4 is 5.69 Å². The number of fused-ring (bicyclic) bond motifs is 1. The fourth-order valence-electron chi connectivity index (χ4n) is 4.59. The number of aromatic amines is 1. The van der Waals surface area contributed by atoms with Gasteiger partial charge in [-0.1, -0.05) is 12.1 Å². The van der Waals surface area contributed by atoms with Crippen LogP contribution in [0.15, 0.2) is 29.1 Å². The van der Waals surface area contributed by atoms with Crippen LogP contribution in [0.1, 0.15) is 32.2 Å². The number of methoxy groups -OCH3 is 1. The summed E-state index contributed by atoms with van der Waals surface area (Å²) >= 11 is 0. The molecule has 1 amide bonds. The second-order valence-corrected chi connectivity index (χ2v) is 7.67. The first-order chi connectivity index (χ1) is 12.5. The summed E-state index contributed by atoms with van der Waals surface area (Å²) in [6.07, 6.45) is 2.60. The van der Waals surface area contributed by atoms with Gasteiger partial charge in [0.1, 0.15) is 0 Å². The van der Waals surface area contributed by atoms with E-state index in [2.05, 4.69) is 16.8 Å². The Morgan fingerprint density at radius 1 is 1.23 bits per heavy atom. The molecule has 2 fully saturated rings. The normalized spacial score (nSPS) is 25.1. The van der Waals surface area contributed by atoms with Crippen LogP contribution in [0.3, 0.4) is 0 Å². The molecule has 2 aliphatic rings. The van der Waals surface area contributed by atoms with Gasteiger partial charge in [0.25, 0.3) is 0 Å². The van der Waals surface area contributed by atoms with Gasteiger partial charge in [0.15, 0.2) is 0 Å². The number of hydrogen-bond acceptors (Lipinski definition) is 4. The van der Waals surface area contributed by atoms with Crippen molar-refractivity contribution in [2.24, 2.45) is 0 Å². The lowest BCUT2D eigenvalue weighted by molar-refractivity contribution is 0.0662. The minimum atomic E-state index is -0.242. The van der Waals surface area contributed by atoms with Gasteiger partial charge in [0, 0.05) is 37.8 Å². The van der Waals surface area contributed by atoms with E-state index in [1.54, 1.807) is 4.90 Å². The molecule has 2 aliphatic heterocycles. The second-order valence-electron chi connectivity index (χ2n) is 7.67. The van der Waals surface area contributed by atoms with Gasteiger partial charge in [-0.3, -0.25) is 9.47 Å². The number of carbonyl (C=O) groups is 1. The summed E-state index contributed by atoms with van der Waals surface area (Å²) in [6, 6.07) is 8.09. The Morgan fingerprint density at radius 2 is 1.96 bits per heavy atom. The van der Waals surface area contributed by atoms with Gasteiger partial charge >= 0.3 is 11.8 Å². The highest BCUT2D eigenvalue weighted by Crippen LogP contribution is 2.33. The van der Waals surface area contributed by atoms with E-state index in [0.717, 1.165) is 49.9 Å². The number of carbonyl (C=O) groups excluding carboxylic acids is 1. The molecule has 1 aromatic heterocycles. The molecule has 0 bridgehead atoms. The minimum absolute atomic E-state index is 0.00959. The Kier molecular flexibility index (Phi) is 4.26. The van der Waals surface area contributed by atoms with E-state index in [0.29, 0.717) is 6.54 Å². The van der Waals surface area contributed by atoms with Crippen LogP contribution in [0.4, 0.5) is 4.79 Å². The standard InChI is InChI=1S/C19H26N4O3/c1-19(9-12-21(13-19)18(25)26-2)22-10-7-14(8-11-22)23-16-6-4-3-5-15(16)20-17(23)24/h3-6,14H,7-13H2,1-2H3,(H,20,24). The van der Waals surface area contributed by atoms with Crippen molar-refractivity contribution >= 4 is 17.1 Å². The summed E-state index contributed by atoms with van der Waals surface area (Å²) in [7, 11) is 1.43. The van der Waals surface area contributed by atoms with E-state index in [1.807, 2.05) is 28.8 Å². The predicted molar refractivity (Wildman–Crippen MR) is 99.4 cm³/mol. The summed E-state index contributed by atoms with van der Waals surface area (Å²) in [5.74, 6) is 0. The average Bonchev–Trinajstić information content (AvgIpc) is 3.21. The van der Waals surface area contributed by atoms with Crippen LogP contribution in [-0.4, -0.2) is 64.3 Å². The van der Waals surface area contributed by atoms with Crippen LogP contribution >= 0.6 is 0 Å². The number of imidazole rings is 1. The van der Waals surface area contributed by atoms with Gasteiger partial charge < -0.3 is 14.6 Å². The number of H-pyrrole nitrogens is 1. The largest absolute Gasteiger partial charge is 0.453 e. The highest BCUT2D eigenvalue weighted by molar-refractivity contribution is 5.75. The number of aromatic nitrogens is 2. The fraction of sp³-hybridized carbons (Fsp3) is 0.579. The third kappa shape index (κ3) is 2.80. The maximum atomic E-state index is 12.4. The topological polar surface area (TPSA) is 70.6 Å². The minimum Gasteiger partial charge on any atom is -0.453 e. The second kappa shape index (κ2) is 6.46. The van der Waals surface area contributed by atoms with Gasteiger partial charge in [0.2, 0.25) is 0 Å². The molecule has 2 aromatic rings. The van der Waals surface area contributed by atoms with Crippen molar-refractivity contribution in [3.05, 3.63) is 34.7 Å². The number of ether oxygens (including phenoxy) is 1. The first kappa shape index (κ1) is 17.1. The Morgan fingerprint density at radius 3 is 2.69 bits per heavy atom. The van der Waals surface area contributed by atoms with Crippen LogP contribution in [0.2, 0.25) is 0 Å². The summed E-state index contributed by atoms with van der Waals surface area (Å²) in [4.78, 5) is 31.4. The molecular formula is C19H26N4O3. The van der Waals surface area contributed by atoms with Crippen molar-refractivity contribution < 1.29 is 9.53 Å². The maximum Gasteiger partial charge on any atom is 0.409 e. The van der Waals surface area contributed by atoms with E-state index < -0.39 is 0 Å². The monoisotopic (exact) mass is 358 g/mol. The molecule has 0 radical (unpaired) electrons. The van der Waals surface area contributed by atoms with E-state index in [9.17, 15) is 9.59 Å². The third-order valence-corrected chi connectivity index (χ3v) is 6.10. The third-order valence-electron chi connectivity index (χ3n) is 6.10. The van der Waals surface area contributed by atoms with Crippen LogP contribution in [0, 0.1) is 0 Å². The summed E-state index contributed by atoms with van der Waals surface area (Å²) in [6.45, 7) is 5.54. The SMILES string of the molecule is COC(=O)N1CCC(C)(N2CCC(n3c(=O)[nH]c4ccccc43)CC2)C1. The number of para-hydroxylation sites is 2. The Bertz CT molecular complexity index is 865. The number of likely N-dealkylation sites (tertiary alicyclic amines) is 2. The lowest BCUT2D eigenvalue weighted by atomic mass is 9.94. The molecule has 140 valence electrons. The molecule has 0 aliphatic carbocycles. The molecular weight excluding hydrogens is 332 g/mol. The number of piperidine rings is 1.